The van der Waals surface area contributed by atoms with Gasteiger partial charge in [-0.2, -0.15) is 0 Å². The highest BCUT2D eigenvalue weighted by atomic mass is 35.5. The SMILES string of the molecule is COCCNCCNC(=O)CCNS(=O)(=O)c1c(Cl)cccc1Cl. The average Bonchev–Trinajstić information content (AvgIpc) is 2.50. The largest absolute Gasteiger partial charge is 0.383 e. The molecule has 0 bridgehead atoms. The van der Waals surface area contributed by atoms with Crippen molar-refractivity contribution in [1.82, 2.24) is 15.4 Å². The molecular weight excluding hydrogens is 377 g/mol. The number of benzene rings is 1. The Hall–Kier alpha value is -0.900. The van der Waals surface area contributed by atoms with E-state index in [0.29, 0.717) is 26.2 Å². The summed E-state index contributed by atoms with van der Waals surface area (Å²) in [5.74, 6) is -0.253. The van der Waals surface area contributed by atoms with Crippen molar-refractivity contribution in [2.75, 3.05) is 39.9 Å². The van der Waals surface area contributed by atoms with Crippen LogP contribution in [-0.2, 0) is 19.6 Å². The Balaban J connectivity index is 2.34. The number of rotatable bonds is 11. The van der Waals surface area contributed by atoms with E-state index < -0.39 is 10.0 Å². The zero-order chi connectivity index (χ0) is 18.0. The van der Waals surface area contributed by atoms with Gasteiger partial charge in [0.2, 0.25) is 15.9 Å². The molecule has 0 spiro atoms. The Morgan fingerprint density at radius 1 is 1.12 bits per heavy atom. The predicted molar refractivity (Wildman–Crippen MR) is 94.0 cm³/mol. The molecule has 1 aromatic carbocycles. The molecule has 0 atom stereocenters. The predicted octanol–water partition coefficient (Wildman–Crippen LogP) is 1.01. The molecule has 0 saturated carbocycles. The van der Waals surface area contributed by atoms with Crippen LogP contribution in [-0.4, -0.2) is 54.2 Å². The fraction of sp³-hybridized carbons (Fsp3) is 0.500. The maximum absolute atomic E-state index is 12.2. The molecule has 0 aromatic heterocycles. The van der Waals surface area contributed by atoms with Gasteiger partial charge < -0.3 is 15.4 Å². The fourth-order valence-electron chi connectivity index (χ4n) is 1.79. The van der Waals surface area contributed by atoms with Crippen molar-refractivity contribution in [2.45, 2.75) is 11.3 Å². The molecule has 1 rings (SSSR count). The Kier molecular flexibility index (Phi) is 9.57. The van der Waals surface area contributed by atoms with Gasteiger partial charge in [0.15, 0.2) is 0 Å². The van der Waals surface area contributed by atoms with E-state index in [2.05, 4.69) is 15.4 Å². The molecule has 0 fully saturated rings. The van der Waals surface area contributed by atoms with Crippen molar-refractivity contribution < 1.29 is 17.9 Å². The molecule has 0 aliphatic rings. The van der Waals surface area contributed by atoms with E-state index in [-0.39, 0.29) is 33.8 Å². The van der Waals surface area contributed by atoms with E-state index in [1.54, 1.807) is 13.2 Å². The number of carbonyl (C=O) groups is 1. The second kappa shape index (κ2) is 10.9. The Morgan fingerprint density at radius 3 is 2.42 bits per heavy atom. The van der Waals surface area contributed by atoms with Crippen LogP contribution in [0.15, 0.2) is 23.1 Å². The van der Waals surface area contributed by atoms with Crippen molar-refractivity contribution in [3.05, 3.63) is 28.2 Å². The van der Waals surface area contributed by atoms with Gasteiger partial charge in [0, 0.05) is 39.7 Å². The second-order valence-electron chi connectivity index (χ2n) is 4.79. The standard InChI is InChI=1S/C14H21Cl2N3O4S/c1-23-10-9-17-7-8-18-13(20)5-6-19-24(21,22)14-11(15)3-2-4-12(14)16/h2-4,17,19H,5-10H2,1H3,(H,18,20). The third-order valence-corrected chi connectivity index (χ3v) is 5.35. The number of nitrogens with one attached hydrogen (secondary N) is 3. The summed E-state index contributed by atoms with van der Waals surface area (Å²) in [5.41, 5.74) is 0. The van der Waals surface area contributed by atoms with Crippen molar-refractivity contribution in [3.63, 3.8) is 0 Å². The molecule has 1 aromatic rings. The maximum atomic E-state index is 12.2. The highest BCUT2D eigenvalue weighted by molar-refractivity contribution is 7.89. The van der Waals surface area contributed by atoms with Crippen LogP contribution < -0.4 is 15.4 Å². The first-order valence-corrected chi connectivity index (χ1v) is 9.52. The minimum Gasteiger partial charge on any atom is -0.383 e. The number of amides is 1. The van der Waals surface area contributed by atoms with Crippen LogP contribution in [0.2, 0.25) is 10.0 Å². The summed E-state index contributed by atoms with van der Waals surface area (Å²) in [6.45, 7) is 2.31. The van der Waals surface area contributed by atoms with Gasteiger partial charge in [0.05, 0.1) is 16.7 Å². The summed E-state index contributed by atoms with van der Waals surface area (Å²) in [6.07, 6.45) is 0.0133. The number of ether oxygens (including phenoxy) is 1. The van der Waals surface area contributed by atoms with E-state index in [9.17, 15) is 13.2 Å². The molecule has 136 valence electrons. The van der Waals surface area contributed by atoms with E-state index in [1.165, 1.54) is 12.1 Å². The summed E-state index contributed by atoms with van der Waals surface area (Å²) >= 11 is 11.8. The molecule has 1 amide bonds. The van der Waals surface area contributed by atoms with Crippen LogP contribution in [0.1, 0.15) is 6.42 Å². The molecule has 0 heterocycles. The van der Waals surface area contributed by atoms with Gasteiger partial charge in [0.1, 0.15) is 4.90 Å². The fourth-order valence-corrected chi connectivity index (χ4v) is 3.96. The minimum absolute atomic E-state index is 0.0133. The average molecular weight is 398 g/mol. The van der Waals surface area contributed by atoms with Crippen molar-refractivity contribution in [1.29, 1.82) is 0 Å². The Bertz CT molecular complexity index is 621. The van der Waals surface area contributed by atoms with Gasteiger partial charge in [-0.15, -0.1) is 0 Å². The first-order valence-electron chi connectivity index (χ1n) is 7.28. The summed E-state index contributed by atoms with van der Waals surface area (Å²) in [4.78, 5) is 11.5. The van der Waals surface area contributed by atoms with E-state index in [0.717, 1.165) is 0 Å². The minimum atomic E-state index is -3.87. The first-order chi connectivity index (χ1) is 11.4. The van der Waals surface area contributed by atoms with Gasteiger partial charge in [-0.25, -0.2) is 13.1 Å². The molecule has 10 heteroatoms. The third kappa shape index (κ3) is 7.33. The van der Waals surface area contributed by atoms with Crippen LogP contribution in [0.5, 0.6) is 0 Å². The van der Waals surface area contributed by atoms with E-state index >= 15 is 0 Å². The summed E-state index contributed by atoms with van der Waals surface area (Å²) in [5, 5.41) is 5.81. The molecule has 0 unspecified atom stereocenters. The van der Waals surface area contributed by atoms with Crippen molar-refractivity contribution >= 4 is 39.1 Å². The van der Waals surface area contributed by atoms with Crippen LogP contribution in [0.25, 0.3) is 0 Å². The van der Waals surface area contributed by atoms with Crippen LogP contribution in [0.4, 0.5) is 0 Å². The van der Waals surface area contributed by atoms with E-state index in [1.807, 2.05) is 0 Å². The number of halogens is 2. The Morgan fingerprint density at radius 2 is 1.79 bits per heavy atom. The lowest BCUT2D eigenvalue weighted by Gasteiger charge is -2.10. The van der Waals surface area contributed by atoms with Crippen molar-refractivity contribution in [2.24, 2.45) is 0 Å². The first kappa shape index (κ1) is 21.1. The lowest BCUT2D eigenvalue weighted by molar-refractivity contribution is -0.120. The summed E-state index contributed by atoms with van der Waals surface area (Å²) < 4.78 is 31.6. The molecular formula is C14H21Cl2N3O4S. The Labute approximate surface area is 152 Å². The number of hydrogen-bond donors (Lipinski definition) is 3. The number of hydrogen-bond acceptors (Lipinski definition) is 5. The van der Waals surface area contributed by atoms with Gasteiger partial charge in [-0.1, -0.05) is 29.3 Å². The van der Waals surface area contributed by atoms with Crippen LogP contribution >= 0.6 is 23.2 Å². The topological polar surface area (TPSA) is 96.5 Å². The lowest BCUT2D eigenvalue weighted by Crippen LogP contribution is -2.35. The second-order valence-corrected chi connectivity index (χ2v) is 7.31. The molecule has 0 radical (unpaired) electrons. The molecule has 0 aliphatic heterocycles. The normalized spacial score (nSPS) is 11.5. The highest BCUT2D eigenvalue weighted by Crippen LogP contribution is 2.28. The number of sulfonamides is 1. The number of methoxy groups -OCH3 is 1. The van der Waals surface area contributed by atoms with Crippen LogP contribution in [0, 0.1) is 0 Å². The quantitative estimate of drug-likeness (QED) is 0.484. The molecule has 7 nitrogen and oxygen atoms in total. The van der Waals surface area contributed by atoms with Crippen molar-refractivity contribution in [3.8, 4) is 0 Å². The number of carbonyl (C=O) groups excluding carboxylic acids is 1. The monoisotopic (exact) mass is 397 g/mol. The maximum Gasteiger partial charge on any atom is 0.243 e. The van der Waals surface area contributed by atoms with Crippen LogP contribution in [0.3, 0.4) is 0 Å². The molecule has 24 heavy (non-hydrogen) atoms. The summed E-state index contributed by atoms with van der Waals surface area (Å²) in [7, 11) is -2.26. The molecule has 3 N–H and O–H groups in total. The highest BCUT2D eigenvalue weighted by Gasteiger charge is 2.21. The zero-order valence-electron chi connectivity index (χ0n) is 13.3. The van der Waals surface area contributed by atoms with Gasteiger partial charge >= 0.3 is 0 Å². The van der Waals surface area contributed by atoms with Gasteiger partial charge in [-0.05, 0) is 12.1 Å². The van der Waals surface area contributed by atoms with Gasteiger partial charge in [0.25, 0.3) is 0 Å². The molecule has 0 saturated heterocycles. The zero-order valence-corrected chi connectivity index (χ0v) is 15.6. The van der Waals surface area contributed by atoms with Gasteiger partial charge in [-0.3, -0.25) is 4.79 Å². The lowest BCUT2D eigenvalue weighted by atomic mass is 10.4. The smallest absolute Gasteiger partial charge is 0.243 e. The third-order valence-electron chi connectivity index (χ3n) is 2.94. The molecule has 0 aliphatic carbocycles. The summed E-state index contributed by atoms with van der Waals surface area (Å²) in [6, 6.07) is 4.42. The van der Waals surface area contributed by atoms with E-state index in [4.69, 9.17) is 27.9 Å².